The fraction of sp³-hybridized carbons (Fsp3) is 0.222. The van der Waals surface area contributed by atoms with E-state index in [-0.39, 0.29) is 17.8 Å². The maximum absolute atomic E-state index is 13.2. The Labute approximate surface area is 151 Å². The fourth-order valence-corrected chi connectivity index (χ4v) is 5.29. The molecule has 1 aliphatic rings. The Kier molecular flexibility index (Phi) is 3.39. The molecule has 126 valence electrons. The number of aromatic nitrogens is 2. The van der Waals surface area contributed by atoms with Crippen LogP contribution in [0.2, 0.25) is 0 Å². The molecule has 4 nitrogen and oxygen atoms in total. The number of likely N-dealkylation sites (tertiary alicyclic amines) is 1. The number of hydrogen-bond donors (Lipinski definition) is 0. The molecule has 1 fully saturated rings. The van der Waals surface area contributed by atoms with Gasteiger partial charge in [0.2, 0.25) is 0 Å². The van der Waals surface area contributed by atoms with Crippen LogP contribution >= 0.6 is 22.7 Å². The molecule has 25 heavy (non-hydrogen) atoms. The summed E-state index contributed by atoms with van der Waals surface area (Å²) in [5.74, 6) is -0.210. The van der Waals surface area contributed by atoms with Gasteiger partial charge in [-0.15, -0.1) is 22.7 Å². The Hall–Kier alpha value is -2.25. The first kappa shape index (κ1) is 15.0. The lowest BCUT2D eigenvalue weighted by atomic mass is 10.0. The zero-order valence-electron chi connectivity index (χ0n) is 13.2. The number of rotatable bonds is 2. The predicted molar refractivity (Wildman–Crippen MR) is 97.9 cm³/mol. The number of nitrogens with zero attached hydrogens (tertiary/aromatic N) is 3. The van der Waals surface area contributed by atoms with Crippen LogP contribution in [0.3, 0.4) is 0 Å². The zero-order valence-corrected chi connectivity index (χ0v) is 14.8. The smallest absolute Gasteiger partial charge is 0.264 e. The van der Waals surface area contributed by atoms with Crippen molar-refractivity contribution in [2.24, 2.45) is 0 Å². The zero-order chi connectivity index (χ0) is 17.0. The number of carbonyl (C=O) groups excluding carboxylic acids is 1. The lowest BCUT2D eigenvalue weighted by molar-refractivity contribution is 0.0740. The molecule has 1 unspecified atom stereocenters. The van der Waals surface area contributed by atoms with E-state index in [4.69, 9.17) is 0 Å². The SMILES string of the molecule is O=C(c1cc2c(nc3sccn32)s1)N1CCCC1c1ccc(F)cc1. The monoisotopic (exact) mass is 371 g/mol. The maximum Gasteiger partial charge on any atom is 0.264 e. The molecule has 1 atom stereocenters. The molecule has 4 heterocycles. The van der Waals surface area contributed by atoms with Crippen molar-refractivity contribution in [1.29, 1.82) is 0 Å². The lowest BCUT2D eigenvalue weighted by Gasteiger charge is -2.24. The number of carbonyl (C=O) groups is 1. The van der Waals surface area contributed by atoms with Crippen LogP contribution < -0.4 is 0 Å². The minimum Gasteiger partial charge on any atom is -0.331 e. The Morgan fingerprint density at radius 1 is 1.28 bits per heavy atom. The molecule has 0 spiro atoms. The van der Waals surface area contributed by atoms with Crippen LogP contribution in [0.4, 0.5) is 4.39 Å². The van der Waals surface area contributed by atoms with E-state index >= 15 is 0 Å². The van der Waals surface area contributed by atoms with E-state index < -0.39 is 0 Å². The molecule has 0 aliphatic carbocycles. The number of halogens is 1. The molecule has 0 saturated carbocycles. The van der Waals surface area contributed by atoms with Crippen LogP contribution in [-0.4, -0.2) is 26.7 Å². The second-order valence-corrected chi connectivity index (χ2v) is 8.08. The molecule has 3 aromatic heterocycles. The minimum atomic E-state index is -0.250. The first-order valence-corrected chi connectivity index (χ1v) is 9.82. The molecule has 7 heteroatoms. The molecular weight excluding hydrogens is 357 g/mol. The summed E-state index contributed by atoms with van der Waals surface area (Å²) in [5, 5.41) is 1.99. The van der Waals surface area contributed by atoms with Crippen molar-refractivity contribution in [2.45, 2.75) is 18.9 Å². The topological polar surface area (TPSA) is 37.6 Å². The number of thiophene rings is 1. The van der Waals surface area contributed by atoms with E-state index in [0.29, 0.717) is 4.88 Å². The summed E-state index contributed by atoms with van der Waals surface area (Å²) in [6, 6.07) is 8.44. The highest BCUT2D eigenvalue weighted by molar-refractivity contribution is 7.21. The minimum absolute atomic E-state index is 0.0198. The van der Waals surface area contributed by atoms with E-state index in [0.717, 1.165) is 40.3 Å². The van der Waals surface area contributed by atoms with Crippen LogP contribution in [0.1, 0.15) is 34.1 Å². The highest BCUT2D eigenvalue weighted by Crippen LogP contribution is 2.36. The van der Waals surface area contributed by atoms with Crippen molar-refractivity contribution >= 4 is 43.9 Å². The lowest BCUT2D eigenvalue weighted by Crippen LogP contribution is -2.29. The van der Waals surface area contributed by atoms with E-state index in [1.165, 1.54) is 23.5 Å². The molecule has 4 aromatic rings. The summed E-state index contributed by atoms with van der Waals surface area (Å²) >= 11 is 3.03. The quantitative estimate of drug-likeness (QED) is 0.511. The van der Waals surface area contributed by atoms with Gasteiger partial charge in [-0.3, -0.25) is 9.20 Å². The van der Waals surface area contributed by atoms with Gasteiger partial charge in [-0.25, -0.2) is 9.37 Å². The molecular formula is C18H14FN3OS2. The maximum atomic E-state index is 13.2. The van der Waals surface area contributed by atoms with Gasteiger partial charge in [0.1, 0.15) is 10.6 Å². The third kappa shape index (κ3) is 2.38. The summed E-state index contributed by atoms with van der Waals surface area (Å²) in [4.78, 5) is 22.1. The Morgan fingerprint density at radius 2 is 2.12 bits per heavy atom. The van der Waals surface area contributed by atoms with Crippen molar-refractivity contribution < 1.29 is 9.18 Å². The molecule has 1 saturated heterocycles. The van der Waals surface area contributed by atoms with E-state index in [9.17, 15) is 9.18 Å². The van der Waals surface area contributed by atoms with Crippen LogP contribution in [0.25, 0.3) is 15.3 Å². The van der Waals surface area contributed by atoms with Gasteiger partial charge in [0.05, 0.1) is 16.4 Å². The van der Waals surface area contributed by atoms with Crippen molar-refractivity contribution in [1.82, 2.24) is 14.3 Å². The van der Waals surface area contributed by atoms with Gasteiger partial charge in [-0.1, -0.05) is 12.1 Å². The number of fused-ring (bicyclic) bond motifs is 3. The van der Waals surface area contributed by atoms with E-state index in [1.807, 2.05) is 26.9 Å². The average molecular weight is 371 g/mol. The Morgan fingerprint density at radius 3 is 2.96 bits per heavy atom. The highest BCUT2D eigenvalue weighted by atomic mass is 32.1. The van der Waals surface area contributed by atoms with Crippen molar-refractivity contribution in [3.63, 3.8) is 0 Å². The Bertz CT molecular complexity index is 1080. The number of thiazole rings is 1. The van der Waals surface area contributed by atoms with Gasteiger partial charge in [0, 0.05) is 18.1 Å². The number of benzene rings is 1. The molecule has 5 rings (SSSR count). The van der Waals surface area contributed by atoms with Crippen LogP contribution in [0, 0.1) is 5.82 Å². The van der Waals surface area contributed by atoms with Crippen molar-refractivity contribution in [2.75, 3.05) is 6.54 Å². The van der Waals surface area contributed by atoms with Crippen LogP contribution in [0.15, 0.2) is 41.9 Å². The summed E-state index contributed by atoms with van der Waals surface area (Å²) in [5.41, 5.74) is 1.98. The van der Waals surface area contributed by atoms with Crippen LogP contribution in [-0.2, 0) is 0 Å². The fourth-order valence-electron chi connectivity index (χ4n) is 3.54. The second-order valence-electron chi connectivity index (χ2n) is 6.18. The van der Waals surface area contributed by atoms with Gasteiger partial charge >= 0.3 is 0 Å². The molecule has 1 aromatic carbocycles. The van der Waals surface area contributed by atoms with Crippen molar-refractivity contribution in [3.05, 3.63) is 58.2 Å². The first-order valence-electron chi connectivity index (χ1n) is 8.12. The standard InChI is InChI=1S/C18H14FN3OS2/c19-12-5-3-11(4-6-12)13-2-1-7-21(13)17(23)15-10-14-16(25-15)20-18-22(14)8-9-24-18/h3-6,8-10,13H,1-2,7H2. The Balaban J connectivity index is 1.49. The molecule has 0 radical (unpaired) electrons. The summed E-state index contributed by atoms with van der Waals surface area (Å²) < 4.78 is 15.2. The highest BCUT2D eigenvalue weighted by Gasteiger charge is 2.31. The number of hydrogen-bond acceptors (Lipinski definition) is 4. The summed E-state index contributed by atoms with van der Waals surface area (Å²) in [6.07, 6.45) is 3.86. The van der Waals surface area contributed by atoms with Gasteiger partial charge in [-0.05, 0) is 36.6 Å². The van der Waals surface area contributed by atoms with E-state index in [2.05, 4.69) is 4.98 Å². The van der Waals surface area contributed by atoms with Gasteiger partial charge in [-0.2, -0.15) is 0 Å². The molecule has 1 aliphatic heterocycles. The largest absolute Gasteiger partial charge is 0.331 e. The number of amides is 1. The van der Waals surface area contributed by atoms with Gasteiger partial charge < -0.3 is 4.90 Å². The normalized spacial score (nSPS) is 17.8. The number of imidazole rings is 1. The molecule has 0 bridgehead atoms. The second kappa shape index (κ2) is 5.64. The molecule has 1 amide bonds. The third-order valence-corrected chi connectivity index (χ3v) is 6.48. The van der Waals surface area contributed by atoms with E-state index in [1.54, 1.807) is 23.5 Å². The first-order chi connectivity index (χ1) is 12.2. The average Bonchev–Trinajstić information content (AvgIpc) is 3.36. The third-order valence-electron chi connectivity index (χ3n) is 4.72. The predicted octanol–water partition coefficient (Wildman–Crippen LogP) is 4.73. The summed E-state index contributed by atoms with van der Waals surface area (Å²) in [7, 11) is 0. The van der Waals surface area contributed by atoms with Gasteiger partial charge in [0.25, 0.3) is 5.91 Å². The summed E-state index contributed by atoms with van der Waals surface area (Å²) in [6.45, 7) is 0.734. The van der Waals surface area contributed by atoms with Crippen LogP contribution in [0.5, 0.6) is 0 Å². The molecule has 0 N–H and O–H groups in total. The van der Waals surface area contributed by atoms with Gasteiger partial charge in [0.15, 0.2) is 4.96 Å². The van der Waals surface area contributed by atoms with Crippen molar-refractivity contribution in [3.8, 4) is 0 Å².